The van der Waals surface area contributed by atoms with Gasteiger partial charge in [0.1, 0.15) is 6.54 Å². The van der Waals surface area contributed by atoms with Gasteiger partial charge in [-0.1, -0.05) is 11.6 Å². The zero-order chi connectivity index (χ0) is 12.6. The summed E-state index contributed by atoms with van der Waals surface area (Å²) < 4.78 is 2.90. The maximum absolute atomic E-state index is 12.0. The number of nitrogens with zero attached hydrogens (tertiary/aromatic N) is 2. The molecule has 0 saturated carbocycles. The first-order valence-electron chi connectivity index (χ1n) is 5.10. The second-order valence-electron chi connectivity index (χ2n) is 3.73. The molecule has 6 heteroatoms. The molecule has 0 saturated heterocycles. The molecule has 0 atom stereocenters. The standard InChI is InChI=1S/C11H12ClN3O2/c1-13-10(16)6-15-8-4-3-7(12)5-9(8)14(2)11(15)17/h3-5H,6H2,1-2H3,(H,13,16). The van der Waals surface area contributed by atoms with E-state index in [2.05, 4.69) is 5.32 Å². The van der Waals surface area contributed by atoms with Crippen LogP contribution in [0.15, 0.2) is 23.0 Å². The van der Waals surface area contributed by atoms with Crippen molar-refractivity contribution in [2.75, 3.05) is 7.05 Å². The van der Waals surface area contributed by atoms with Gasteiger partial charge >= 0.3 is 5.69 Å². The number of aromatic nitrogens is 2. The SMILES string of the molecule is CNC(=O)Cn1c(=O)n(C)c2cc(Cl)ccc21. The Labute approximate surface area is 103 Å². The van der Waals surface area contributed by atoms with Crippen LogP contribution in [-0.2, 0) is 18.4 Å². The molecule has 0 spiro atoms. The molecule has 1 N–H and O–H groups in total. The Morgan fingerprint density at radius 2 is 2.12 bits per heavy atom. The summed E-state index contributed by atoms with van der Waals surface area (Å²) in [6, 6.07) is 5.14. The summed E-state index contributed by atoms with van der Waals surface area (Å²) >= 11 is 5.88. The molecule has 0 unspecified atom stereocenters. The number of nitrogens with one attached hydrogen (secondary N) is 1. The first-order valence-corrected chi connectivity index (χ1v) is 5.47. The third-order valence-corrected chi connectivity index (χ3v) is 2.92. The van der Waals surface area contributed by atoms with Gasteiger partial charge in [-0.25, -0.2) is 4.79 Å². The number of carbonyl (C=O) groups excluding carboxylic acids is 1. The highest BCUT2D eigenvalue weighted by Gasteiger charge is 2.12. The van der Waals surface area contributed by atoms with Gasteiger partial charge in [0, 0.05) is 19.1 Å². The molecule has 2 aromatic rings. The first-order chi connectivity index (χ1) is 8.04. The molecule has 5 nitrogen and oxygen atoms in total. The highest BCUT2D eigenvalue weighted by Crippen LogP contribution is 2.17. The maximum Gasteiger partial charge on any atom is 0.329 e. The van der Waals surface area contributed by atoms with Crippen LogP contribution in [0.25, 0.3) is 11.0 Å². The highest BCUT2D eigenvalue weighted by molar-refractivity contribution is 6.31. The van der Waals surface area contributed by atoms with Gasteiger partial charge in [-0.15, -0.1) is 0 Å². The summed E-state index contributed by atoms with van der Waals surface area (Å²) in [6.07, 6.45) is 0. The third-order valence-electron chi connectivity index (χ3n) is 2.69. The average Bonchev–Trinajstić information content (AvgIpc) is 2.54. The number of fused-ring (bicyclic) bond motifs is 1. The van der Waals surface area contributed by atoms with Gasteiger partial charge in [0.05, 0.1) is 11.0 Å². The number of hydrogen-bond donors (Lipinski definition) is 1. The van der Waals surface area contributed by atoms with E-state index in [0.717, 1.165) is 0 Å². The van der Waals surface area contributed by atoms with Crippen molar-refractivity contribution in [1.29, 1.82) is 0 Å². The molecule has 17 heavy (non-hydrogen) atoms. The van der Waals surface area contributed by atoms with Crippen molar-refractivity contribution in [3.05, 3.63) is 33.7 Å². The van der Waals surface area contributed by atoms with Crippen LogP contribution in [0.5, 0.6) is 0 Å². The van der Waals surface area contributed by atoms with Crippen LogP contribution in [0.1, 0.15) is 0 Å². The lowest BCUT2D eigenvalue weighted by molar-refractivity contribution is -0.121. The van der Waals surface area contributed by atoms with Crippen LogP contribution in [0, 0.1) is 0 Å². The van der Waals surface area contributed by atoms with Gasteiger partial charge in [-0.05, 0) is 18.2 Å². The van der Waals surface area contributed by atoms with E-state index in [4.69, 9.17) is 11.6 Å². The molecule has 0 aliphatic heterocycles. The van der Waals surface area contributed by atoms with E-state index in [9.17, 15) is 9.59 Å². The fourth-order valence-corrected chi connectivity index (χ4v) is 1.92. The molecule has 0 bridgehead atoms. The normalized spacial score (nSPS) is 10.8. The van der Waals surface area contributed by atoms with Crippen molar-refractivity contribution < 1.29 is 4.79 Å². The third kappa shape index (κ3) is 1.93. The molecule has 2 rings (SSSR count). The molecule has 0 radical (unpaired) electrons. The predicted molar refractivity (Wildman–Crippen MR) is 66.3 cm³/mol. The van der Waals surface area contributed by atoms with Crippen molar-refractivity contribution in [3.8, 4) is 0 Å². The lowest BCUT2D eigenvalue weighted by atomic mass is 10.3. The number of hydrogen-bond acceptors (Lipinski definition) is 2. The molecule has 1 aromatic heterocycles. The number of halogens is 1. The minimum Gasteiger partial charge on any atom is -0.358 e. The van der Waals surface area contributed by atoms with E-state index in [1.807, 2.05) is 0 Å². The average molecular weight is 254 g/mol. The summed E-state index contributed by atoms with van der Waals surface area (Å²) in [5, 5.41) is 3.05. The Bertz CT molecular complexity index is 642. The Hall–Kier alpha value is -1.75. The Morgan fingerprint density at radius 1 is 1.41 bits per heavy atom. The summed E-state index contributed by atoms with van der Waals surface area (Å²) in [5.41, 5.74) is 1.18. The zero-order valence-corrected chi connectivity index (χ0v) is 10.3. The summed E-state index contributed by atoms with van der Waals surface area (Å²) in [7, 11) is 3.19. The number of rotatable bonds is 2. The van der Waals surface area contributed by atoms with Crippen LogP contribution in [0.3, 0.4) is 0 Å². The number of benzene rings is 1. The van der Waals surface area contributed by atoms with Crippen molar-refractivity contribution in [2.24, 2.45) is 7.05 Å². The first kappa shape index (κ1) is 11.7. The van der Waals surface area contributed by atoms with Crippen LogP contribution in [0.4, 0.5) is 0 Å². The zero-order valence-electron chi connectivity index (χ0n) is 9.53. The van der Waals surface area contributed by atoms with Gasteiger partial charge in [-0.2, -0.15) is 0 Å². The number of imidazole rings is 1. The number of likely N-dealkylation sites (N-methyl/N-ethyl adjacent to an activating group) is 1. The second-order valence-corrected chi connectivity index (χ2v) is 4.17. The molecule has 0 aliphatic carbocycles. The van der Waals surface area contributed by atoms with E-state index in [1.54, 1.807) is 25.2 Å². The van der Waals surface area contributed by atoms with Crippen LogP contribution in [-0.4, -0.2) is 22.1 Å². The molecule has 90 valence electrons. The van der Waals surface area contributed by atoms with E-state index >= 15 is 0 Å². The van der Waals surface area contributed by atoms with Gasteiger partial charge in [0.15, 0.2) is 0 Å². The number of carbonyl (C=O) groups is 1. The molecule has 1 amide bonds. The van der Waals surface area contributed by atoms with Crippen molar-refractivity contribution in [2.45, 2.75) is 6.54 Å². The Morgan fingerprint density at radius 3 is 2.76 bits per heavy atom. The van der Waals surface area contributed by atoms with Gasteiger partial charge in [0.2, 0.25) is 5.91 Å². The van der Waals surface area contributed by atoms with Crippen LogP contribution >= 0.6 is 11.6 Å². The lowest BCUT2D eigenvalue weighted by Crippen LogP contribution is -2.30. The maximum atomic E-state index is 12.0. The van der Waals surface area contributed by atoms with E-state index in [0.29, 0.717) is 16.1 Å². The highest BCUT2D eigenvalue weighted by atomic mass is 35.5. The topological polar surface area (TPSA) is 56.0 Å². The van der Waals surface area contributed by atoms with Crippen molar-refractivity contribution >= 4 is 28.5 Å². The van der Waals surface area contributed by atoms with Crippen LogP contribution < -0.4 is 11.0 Å². The number of aryl methyl sites for hydroxylation is 1. The smallest absolute Gasteiger partial charge is 0.329 e. The second kappa shape index (κ2) is 4.25. The quantitative estimate of drug-likeness (QED) is 0.858. The van der Waals surface area contributed by atoms with Crippen LogP contribution in [0.2, 0.25) is 5.02 Å². The summed E-state index contributed by atoms with van der Waals surface area (Å²) in [6.45, 7) is 0.00824. The molecular formula is C11H12ClN3O2. The molecular weight excluding hydrogens is 242 g/mol. The fourth-order valence-electron chi connectivity index (χ4n) is 1.76. The summed E-state index contributed by atoms with van der Waals surface area (Å²) in [5.74, 6) is -0.213. The van der Waals surface area contributed by atoms with Gasteiger partial charge in [-0.3, -0.25) is 13.9 Å². The van der Waals surface area contributed by atoms with Crippen molar-refractivity contribution in [3.63, 3.8) is 0 Å². The predicted octanol–water partition coefficient (Wildman–Crippen LogP) is 0.739. The molecule has 0 aliphatic rings. The van der Waals surface area contributed by atoms with Crippen molar-refractivity contribution in [1.82, 2.24) is 14.5 Å². The van der Waals surface area contributed by atoms with Gasteiger partial charge < -0.3 is 5.32 Å². The number of amides is 1. The monoisotopic (exact) mass is 253 g/mol. The Balaban J connectivity index is 2.67. The minimum absolute atomic E-state index is 0.00824. The largest absolute Gasteiger partial charge is 0.358 e. The lowest BCUT2D eigenvalue weighted by Gasteiger charge is -2.01. The molecule has 1 heterocycles. The van der Waals surface area contributed by atoms with Gasteiger partial charge in [0.25, 0.3) is 0 Å². The molecule has 1 aromatic carbocycles. The summed E-state index contributed by atoms with van der Waals surface area (Å²) in [4.78, 5) is 23.3. The van der Waals surface area contributed by atoms with E-state index in [-0.39, 0.29) is 18.1 Å². The minimum atomic E-state index is -0.231. The van der Waals surface area contributed by atoms with E-state index < -0.39 is 0 Å². The Kier molecular flexibility index (Phi) is 2.93. The van der Waals surface area contributed by atoms with E-state index in [1.165, 1.54) is 16.2 Å². The fraction of sp³-hybridized carbons (Fsp3) is 0.273. The molecule has 0 fully saturated rings.